The second-order valence-corrected chi connectivity index (χ2v) is 7.13. The van der Waals surface area contributed by atoms with Crippen molar-refractivity contribution in [3.05, 3.63) is 47.5 Å². The number of nitrogens with zero attached hydrogens (tertiary/aromatic N) is 2. The molecule has 2 N–H and O–H groups in total. The fraction of sp³-hybridized carbons (Fsp3) is 0.364. The Morgan fingerprint density at radius 3 is 2.17 bits per heavy atom. The molecule has 30 heavy (non-hydrogen) atoms. The van der Waals surface area contributed by atoms with Gasteiger partial charge in [0.05, 0.1) is 20.6 Å². The van der Waals surface area contributed by atoms with Crippen molar-refractivity contribution < 1.29 is 29.3 Å². The fourth-order valence-corrected chi connectivity index (χ4v) is 3.55. The van der Waals surface area contributed by atoms with Crippen LogP contribution < -0.4 is 9.47 Å². The Bertz CT molecular complexity index is 910. The Morgan fingerprint density at radius 2 is 1.50 bits per heavy atom. The second-order valence-electron chi connectivity index (χ2n) is 7.13. The van der Waals surface area contributed by atoms with Crippen molar-refractivity contribution in [2.45, 2.75) is 12.8 Å². The number of phenols is 2. The van der Waals surface area contributed by atoms with E-state index in [9.17, 15) is 19.8 Å². The Balaban J connectivity index is 1.63. The van der Waals surface area contributed by atoms with Gasteiger partial charge in [-0.2, -0.15) is 0 Å². The van der Waals surface area contributed by atoms with E-state index in [1.165, 1.54) is 18.2 Å². The molecule has 0 bridgehead atoms. The van der Waals surface area contributed by atoms with E-state index >= 15 is 0 Å². The van der Waals surface area contributed by atoms with Crippen LogP contribution in [-0.2, 0) is 11.2 Å². The molecule has 2 aromatic rings. The van der Waals surface area contributed by atoms with Crippen LogP contribution in [0.15, 0.2) is 36.4 Å². The molecule has 1 aliphatic rings. The van der Waals surface area contributed by atoms with Gasteiger partial charge in [0, 0.05) is 37.8 Å². The van der Waals surface area contributed by atoms with Crippen molar-refractivity contribution in [2.75, 3.05) is 40.4 Å². The van der Waals surface area contributed by atoms with E-state index in [1.54, 1.807) is 36.2 Å². The van der Waals surface area contributed by atoms with Gasteiger partial charge in [0.1, 0.15) is 11.5 Å². The van der Waals surface area contributed by atoms with Gasteiger partial charge < -0.3 is 29.5 Å². The van der Waals surface area contributed by atoms with Crippen LogP contribution in [0.4, 0.5) is 0 Å². The molecule has 0 aliphatic carbocycles. The van der Waals surface area contributed by atoms with Gasteiger partial charge in [-0.15, -0.1) is 0 Å². The molecule has 2 amide bonds. The summed E-state index contributed by atoms with van der Waals surface area (Å²) in [6.07, 6.45) is 0.878. The Morgan fingerprint density at radius 1 is 0.867 bits per heavy atom. The molecule has 0 atom stereocenters. The van der Waals surface area contributed by atoms with Gasteiger partial charge in [-0.05, 0) is 36.2 Å². The first kappa shape index (κ1) is 21.3. The van der Waals surface area contributed by atoms with Crippen LogP contribution in [0.1, 0.15) is 22.3 Å². The molecule has 1 saturated heterocycles. The first-order chi connectivity index (χ1) is 14.4. The number of carbonyl (C=O) groups is 2. The van der Waals surface area contributed by atoms with E-state index in [-0.39, 0.29) is 35.3 Å². The number of ether oxygens (including phenoxy) is 2. The van der Waals surface area contributed by atoms with Gasteiger partial charge in [-0.1, -0.05) is 6.07 Å². The third-order valence-electron chi connectivity index (χ3n) is 5.09. The predicted molar refractivity (Wildman–Crippen MR) is 110 cm³/mol. The van der Waals surface area contributed by atoms with E-state index in [2.05, 4.69) is 0 Å². The van der Waals surface area contributed by atoms with Crippen LogP contribution in [0.5, 0.6) is 23.0 Å². The molecule has 0 spiro atoms. The molecule has 2 aromatic carbocycles. The number of methoxy groups -OCH3 is 2. The van der Waals surface area contributed by atoms with Crippen LogP contribution >= 0.6 is 0 Å². The molecule has 0 saturated carbocycles. The molecule has 1 heterocycles. The lowest BCUT2D eigenvalue weighted by atomic mass is 10.1. The highest BCUT2D eigenvalue weighted by Crippen LogP contribution is 2.28. The zero-order chi connectivity index (χ0) is 21.7. The Labute approximate surface area is 175 Å². The minimum Gasteiger partial charge on any atom is -0.508 e. The molecule has 8 heteroatoms. The van der Waals surface area contributed by atoms with Crippen molar-refractivity contribution >= 4 is 11.8 Å². The maximum atomic E-state index is 12.8. The lowest BCUT2D eigenvalue weighted by molar-refractivity contribution is -0.130. The zero-order valence-electron chi connectivity index (χ0n) is 17.1. The van der Waals surface area contributed by atoms with E-state index in [4.69, 9.17) is 9.47 Å². The van der Waals surface area contributed by atoms with Crippen molar-refractivity contribution in [3.63, 3.8) is 0 Å². The standard InChI is InChI=1S/C22H26N2O6/c1-29-19-5-4-15(10-20(19)30-2)11-21(27)23-6-3-7-24(9-8-23)22(28)16-12-17(25)14-18(26)13-16/h4-5,10,12-14,25-26H,3,6-9,11H2,1-2H3. The second kappa shape index (κ2) is 9.39. The normalized spacial score (nSPS) is 14.2. The van der Waals surface area contributed by atoms with Crippen LogP contribution in [0.2, 0.25) is 0 Å². The van der Waals surface area contributed by atoms with Crippen LogP contribution in [-0.4, -0.2) is 72.2 Å². The van der Waals surface area contributed by atoms with E-state index < -0.39 is 0 Å². The van der Waals surface area contributed by atoms with Crippen LogP contribution in [0.3, 0.4) is 0 Å². The SMILES string of the molecule is COc1ccc(CC(=O)N2CCCN(C(=O)c3cc(O)cc(O)c3)CC2)cc1OC. The average molecular weight is 414 g/mol. The van der Waals surface area contributed by atoms with Gasteiger partial charge in [0.25, 0.3) is 5.91 Å². The van der Waals surface area contributed by atoms with Gasteiger partial charge in [-0.3, -0.25) is 9.59 Å². The molecule has 1 aliphatic heterocycles. The number of rotatable bonds is 5. The maximum absolute atomic E-state index is 12.8. The minimum atomic E-state index is -0.282. The van der Waals surface area contributed by atoms with Gasteiger partial charge in [0.2, 0.25) is 5.91 Å². The van der Waals surface area contributed by atoms with E-state index in [0.29, 0.717) is 44.1 Å². The summed E-state index contributed by atoms with van der Waals surface area (Å²) in [6.45, 7) is 1.85. The third kappa shape index (κ3) is 4.94. The zero-order valence-corrected chi connectivity index (χ0v) is 17.1. The highest BCUT2D eigenvalue weighted by Gasteiger charge is 2.23. The smallest absolute Gasteiger partial charge is 0.254 e. The van der Waals surface area contributed by atoms with Crippen LogP contribution in [0.25, 0.3) is 0 Å². The van der Waals surface area contributed by atoms with Crippen LogP contribution in [0, 0.1) is 0 Å². The van der Waals surface area contributed by atoms with Crippen molar-refractivity contribution in [2.24, 2.45) is 0 Å². The fourth-order valence-electron chi connectivity index (χ4n) is 3.55. The number of hydrogen-bond acceptors (Lipinski definition) is 6. The first-order valence-corrected chi connectivity index (χ1v) is 9.72. The van der Waals surface area contributed by atoms with Gasteiger partial charge >= 0.3 is 0 Å². The topological polar surface area (TPSA) is 99.5 Å². The largest absolute Gasteiger partial charge is 0.508 e. The predicted octanol–water partition coefficient (Wildman–Crippen LogP) is 2.03. The van der Waals surface area contributed by atoms with E-state index in [0.717, 1.165) is 5.56 Å². The molecule has 8 nitrogen and oxygen atoms in total. The lowest BCUT2D eigenvalue weighted by Crippen LogP contribution is -2.38. The van der Waals surface area contributed by atoms with E-state index in [1.807, 2.05) is 6.07 Å². The quantitative estimate of drug-likeness (QED) is 0.777. The van der Waals surface area contributed by atoms with Crippen molar-refractivity contribution in [1.29, 1.82) is 0 Å². The number of amides is 2. The summed E-state index contributed by atoms with van der Waals surface area (Å²) in [6, 6.07) is 9.22. The van der Waals surface area contributed by atoms with Crippen molar-refractivity contribution in [3.8, 4) is 23.0 Å². The number of benzene rings is 2. The molecule has 0 unspecified atom stereocenters. The average Bonchev–Trinajstić information content (AvgIpc) is 2.98. The molecular weight excluding hydrogens is 388 g/mol. The Hall–Kier alpha value is -3.42. The summed E-state index contributed by atoms with van der Waals surface area (Å²) in [5.74, 6) is 0.544. The van der Waals surface area contributed by atoms with Gasteiger partial charge in [0.15, 0.2) is 11.5 Å². The molecule has 0 radical (unpaired) electrons. The number of hydrogen-bond donors (Lipinski definition) is 2. The minimum absolute atomic E-state index is 0.0217. The molecule has 3 rings (SSSR count). The molecular formula is C22H26N2O6. The molecule has 0 aromatic heterocycles. The molecule has 1 fully saturated rings. The number of carbonyl (C=O) groups excluding carboxylic acids is 2. The number of phenolic OH excluding ortho intramolecular Hbond substituents is 2. The number of aromatic hydroxyl groups is 2. The summed E-state index contributed by atoms with van der Waals surface area (Å²) < 4.78 is 10.5. The summed E-state index contributed by atoms with van der Waals surface area (Å²) in [5.41, 5.74) is 1.04. The maximum Gasteiger partial charge on any atom is 0.254 e. The van der Waals surface area contributed by atoms with Crippen molar-refractivity contribution in [1.82, 2.24) is 9.80 Å². The Kier molecular flexibility index (Phi) is 6.66. The summed E-state index contributed by atoms with van der Waals surface area (Å²) in [5, 5.41) is 19.2. The third-order valence-corrected chi connectivity index (χ3v) is 5.09. The first-order valence-electron chi connectivity index (χ1n) is 9.72. The highest BCUT2D eigenvalue weighted by molar-refractivity contribution is 5.95. The van der Waals surface area contributed by atoms with Gasteiger partial charge in [-0.25, -0.2) is 0 Å². The monoisotopic (exact) mass is 414 g/mol. The highest BCUT2D eigenvalue weighted by atomic mass is 16.5. The molecule has 160 valence electrons. The summed E-state index contributed by atoms with van der Waals surface area (Å²) >= 11 is 0. The summed E-state index contributed by atoms with van der Waals surface area (Å²) in [7, 11) is 3.11. The lowest BCUT2D eigenvalue weighted by Gasteiger charge is -2.22. The summed E-state index contributed by atoms with van der Waals surface area (Å²) in [4.78, 5) is 28.9.